The molecule has 1 unspecified atom stereocenters. The highest BCUT2D eigenvalue weighted by Crippen LogP contribution is 2.32. The van der Waals surface area contributed by atoms with E-state index >= 15 is 0 Å². The maximum absolute atomic E-state index is 10.4. The quantitative estimate of drug-likeness (QED) is 0.739. The molecule has 18 heavy (non-hydrogen) atoms. The van der Waals surface area contributed by atoms with E-state index in [1.165, 1.54) is 46.2 Å². The third-order valence-electron chi connectivity index (χ3n) is 4.47. The minimum atomic E-state index is -0.297. The predicted octanol–water partition coefficient (Wildman–Crippen LogP) is 4.84. The van der Waals surface area contributed by atoms with E-state index < -0.39 is 0 Å². The van der Waals surface area contributed by atoms with Crippen molar-refractivity contribution < 1.29 is 5.11 Å². The highest BCUT2D eigenvalue weighted by atomic mass is 16.3. The SMILES string of the molecule is CCCCCC(O)c1c(C)c(C)c(C)c(C)c1C. The zero-order valence-electron chi connectivity index (χ0n) is 12.9. The smallest absolute Gasteiger partial charge is 0.0795 e. The van der Waals surface area contributed by atoms with Gasteiger partial charge in [-0.1, -0.05) is 26.2 Å². The molecule has 1 aromatic carbocycles. The molecule has 1 nitrogen and oxygen atoms in total. The monoisotopic (exact) mass is 248 g/mol. The van der Waals surface area contributed by atoms with E-state index in [1.807, 2.05) is 0 Å². The lowest BCUT2D eigenvalue weighted by atomic mass is 9.86. The van der Waals surface area contributed by atoms with Crippen LogP contribution >= 0.6 is 0 Å². The number of unbranched alkanes of at least 4 members (excludes halogenated alkanes) is 2. The average Bonchev–Trinajstić information content (AvgIpc) is 2.34. The van der Waals surface area contributed by atoms with Crippen molar-refractivity contribution in [2.75, 3.05) is 0 Å². The van der Waals surface area contributed by atoms with E-state index in [2.05, 4.69) is 41.5 Å². The highest BCUT2D eigenvalue weighted by Gasteiger charge is 2.18. The molecule has 0 aliphatic carbocycles. The van der Waals surface area contributed by atoms with Crippen molar-refractivity contribution in [3.05, 3.63) is 33.4 Å². The lowest BCUT2D eigenvalue weighted by Crippen LogP contribution is -2.08. The Labute approximate surface area is 112 Å². The van der Waals surface area contributed by atoms with Crippen LogP contribution in [0.15, 0.2) is 0 Å². The maximum atomic E-state index is 10.4. The van der Waals surface area contributed by atoms with Crippen molar-refractivity contribution in [1.82, 2.24) is 0 Å². The molecule has 0 aliphatic rings. The van der Waals surface area contributed by atoms with E-state index in [1.54, 1.807) is 0 Å². The van der Waals surface area contributed by atoms with Crippen LogP contribution < -0.4 is 0 Å². The molecule has 0 saturated heterocycles. The molecule has 0 fully saturated rings. The molecule has 1 N–H and O–H groups in total. The van der Waals surface area contributed by atoms with Crippen LogP contribution in [0, 0.1) is 34.6 Å². The molecule has 1 aromatic rings. The Morgan fingerprint density at radius 3 is 1.67 bits per heavy atom. The molecule has 0 amide bonds. The zero-order valence-corrected chi connectivity index (χ0v) is 12.9. The molecule has 0 radical (unpaired) electrons. The largest absolute Gasteiger partial charge is 0.388 e. The van der Waals surface area contributed by atoms with Crippen LogP contribution in [0.25, 0.3) is 0 Å². The lowest BCUT2D eigenvalue weighted by Gasteiger charge is -2.22. The van der Waals surface area contributed by atoms with Crippen LogP contribution in [0.2, 0.25) is 0 Å². The second-order valence-electron chi connectivity index (χ2n) is 5.55. The fraction of sp³-hybridized carbons (Fsp3) is 0.647. The van der Waals surface area contributed by atoms with Gasteiger partial charge in [-0.3, -0.25) is 0 Å². The molecular formula is C17H28O. The minimum absolute atomic E-state index is 0.297. The van der Waals surface area contributed by atoms with Crippen LogP contribution in [-0.2, 0) is 0 Å². The normalized spacial score (nSPS) is 12.8. The molecule has 0 heterocycles. The van der Waals surface area contributed by atoms with E-state index in [0.29, 0.717) is 0 Å². The van der Waals surface area contributed by atoms with Gasteiger partial charge in [0.25, 0.3) is 0 Å². The van der Waals surface area contributed by atoms with Gasteiger partial charge in [0.15, 0.2) is 0 Å². The second kappa shape index (κ2) is 6.38. The fourth-order valence-electron chi connectivity index (χ4n) is 2.76. The number of benzene rings is 1. The Kier molecular flexibility index (Phi) is 5.40. The Morgan fingerprint density at radius 1 is 0.778 bits per heavy atom. The first-order chi connectivity index (χ1) is 8.41. The summed E-state index contributed by atoms with van der Waals surface area (Å²) in [5, 5.41) is 10.4. The lowest BCUT2D eigenvalue weighted by molar-refractivity contribution is 0.162. The van der Waals surface area contributed by atoms with Crippen molar-refractivity contribution in [2.24, 2.45) is 0 Å². The molecule has 102 valence electrons. The summed E-state index contributed by atoms with van der Waals surface area (Å²) in [7, 11) is 0. The summed E-state index contributed by atoms with van der Waals surface area (Å²) in [5.74, 6) is 0. The Bertz CT molecular complexity index is 389. The van der Waals surface area contributed by atoms with Crippen LogP contribution in [0.3, 0.4) is 0 Å². The van der Waals surface area contributed by atoms with Crippen LogP contribution in [0.5, 0.6) is 0 Å². The fourth-order valence-corrected chi connectivity index (χ4v) is 2.76. The molecule has 0 bridgehead atoms. The molecule has 1 rings (SSSR count). The predicted molar refractivity (Wildman–Crippen MR) is 79.2 cm³/mol. The van der Waals surface area contributed by atoms with Crippen molar-refractivity contribution in [3.63, 3.8) is 0 Å². The number of aliphatic hydroxyl groups excluding tert-OH is 1. The third kappa shape index (κ3) is 2.95. The Hall–Kier alpha value is -0.820. The number of hydrogen-bond donors (Lipinski definition) is 1. The van der Waals surface area contributed by atoms with Gasteiger partial charge in [-0.05, 0) is 74.4 Å². The van der Waals surface area contributed by atoms with Crippen LogP contribution in [0.4, 0.5) is 0 Å². The van der Waals surface area contributed by atoms with Crippen molar-refractivity contribution in [1.29, 1.82) is 0 Å². The number of aliphatic hydroxyl groups is 1. The van der Waals surface area contributed by atoms with E-state index in [9.17, 15) is 5.11 Å². The van der Waals surface area contributed by atoms with Gasteiger partial charge in [-0.2, -0.15) is 0 Å². The zero-order chi connectivity index (χ0) is 13.9. The molecular weight excluding hydrogens is 220 g/mol. The molecule has 0 spiro atoms. The number of rotatable bonds is 5. The van der Waals surface area contributed by atoms with Crippen molar-refractivity contribution in [3.8, 4) is 0 Å². The van der Waals surface area contributed by atoms with E-state index in [-0.39, 0.29) is 6.10 Å². The average molecular weight is 248 g/mol. The van der Waals surface area contributed by atoms with Gasteiger partial charge in [0.2, 0.25) is 0 Å². The summed E-state index contributed by atoms with van der Waals surface area (Å²) in [6, 6.07) is 0. The van der Waals surface area contributed by atoms with Crippen LogP contribution in [-0.4, -0.2) is 5.11 Å². The minimum Gasteiger partial charge on any atom is -0.388 e. The van der Waals surface area contributed by atoms with Gasteiger partial charge in [0, 0.05) is 0 Å². The molecule has 1 heteroatoms. The number of hydrogen-bond acceptors (Lipinski definition) is 1. The van der Waals surface area contributed by atoms with Crippen molar-refractivity contribution >= 4 is 0 Å². The van der Waals surface area contributed by atoms with Gasteiger partial charge in [0.1, 0.15) is 0 Å². The van der Waals surface area contributed by atoms with Gasteiger partial charge >= 0.3 is 0 Å². The van der Waals surface area contributed by atoms with Gasteiger partial charge in [-0.15, -0.1) is 0 Å². The highest BCUT2D eigenvalue weighted by molar-refractivity contribution is 5.50. The summed E-state index contributed by atoms with van der Waals surface area (Å²) in [6.07, 6.45) is 4.12. The molecule has 0 aromatic heterocycles. The first-order valence-corrected chi connectivity index (χ1v) is 7.16. The van der Waals surface area contributed by atoms with Crippen molar-refractivity contribution in [2.45, 2.75) is 73.3 Å². The maximum Gasteiger partial charge on any atom is 0.0795 e. The van der Waals surface area contributed by atoms with Gasteiger partial charge in [0.05, 0.1) is 6.10 Å². The molecule has 1 atom stereocenters. The molecule has 0 aliphatic heterocycles. The van der Waals surface area contributed by atoms with Gasteiger partial charge < -0.3 is 5.11 Å². The Balaban J connectivity index is 3.08. The summed E-state index contributed by atoms with van der Waals surface area (Å²) in [6.45, 7) is 13.0. The topological polar surface area (TPSA) is 20.2 Å². The summed E-state index contributed by atoms with van der Waals surface area (Å²) in [5.41, 5.74) is 7.77. The van der Waals surface area contributed by atoms with E-state index in [0.717, 1.165) is 12.8 Å². The Morgan fingerprint density at radius 2 is 1.22 bits per heavy atom. The first kappa shape index (κ1) is 15.2. The summed E-state index contributed by atoms with van der Waals surface area (Å²) >= 11 is 0. The van der Waals surface area contributed by atoms with Gasteiger partial charge in [-0.25, -0.2) is 0 Å². The van der Waals surface area contributed by atoms with E-state index in [4.69, 9.17) is 0 Å². The third-order valence-corrected chi connectivity index (χ3v) is 4.47. The summed E-state index contributed by atoms with van der Waals surface area (Å²) < 4.78 is 0. The standard InChI is InChI=1S/C17H28O/c1-7-8-9-10-16(18)17-14(5)12(3)11(2)13(4)15(17)6/h16,18H,7-10H2,1-6H3. The first-order valence-electron chi connectivity index (χ1n) is 7.16. The second-order valence-corrected chi connectivity index (χ2v) is 5.55. The van der Waals surface area contributed by atoms with Crippen LogP contribution in [0.1, 0.15) is 72.1 Å². The molecule has 0 saturated carbocycles. The summed E-state index contributed by atoms with van der Waals surface area (Å²) in [4.78, 5) is 0.